The van der Waals surface area contributed by atoms with Crippen LogP contribution in [0.25, 0.3) is 11.0 Å². The molecule has 18 heavy (non-hydrogen) atoms. The quantitative estimate of drug-likeness (QED) is 0.843. The molecule has 1 N–H and O–H groups in total. The molecule has 2 aromatic rings. The van der Waals surface area contributed by atoms with E-state index in [0.29, 0.717) is 24.2 Å². The summed E-state index contributed by atoms with van der Waals surface area (Å²) in [4.78, 5) is 27.3. The minimum Gasteiger partial charge on any atom is -0.383 e. The Morgan fingerprint density at radius 2 is 2.06 bits per heavy atom. The number of aromatic amines is 1. The first-order valence-electron chi connectivity index (χ1n) is 6.00. The number of hydrogen-bond acceptors (Lipinski definition) is 3. The first-order valence-corrected chi connectivity index (χ1v) is 6.00. The summed E-state index contributed by atoms with van der Waals surface area (Å²) >= 11 is 0. The van der Waals surface area contributed by atoms with E-state index in [1.807, 2.05) is 6.92 Å². The van der Waals surface area contributed by atoms with E-state index in [2.05, 4.69) is 4.98 Å². The molecule has 0 bridgehead atoms. The average molecular weight is 251 g/mol. The minimum absolute atomic E-state index is 0.271. The third-order valence-electron chi connectivity index (χ3n) is 2.90. The Hall–Kier alpha value is -1.82. The topological polar surface area (TPSA) is 69.0 Å². The van der Waals surface area contributed by atoms with Gasteiger partial charge in [0.05, 0.1) is 18.7 Å². The molecule has 98 valence electrons. The van der Waals surface area contributed by atoms with Gasteiger partial charge in [0, 0.05) is 19.9 Å². The van der Waals surface area contributed by atoms with Crippen LogP contribution in [0.5, 0.6) is 0 Å². The summed E-state index contributed by atoms with van der Waals surface area (Å²) in [6, 6.07) is 1.76. The summed E-state index contributed by atoms with van der Waals surface area (Å²) in [6.45, 7) is 3.20. The second-order valence-electron chi connectivity index (χ2n) is 4.12. The monoisotopic (exact) mass is 251 g/mol. The largest absolute Gasteiger partial charge is 0.383 e. The molecule has 0 saturated heterocycles. The van der Waals surface area contributed by atoms with E-state index in [4.69, 9.17) is 4.74 Å². The predicted octanol–water partition coefficient (Wildman–Crippen LogP) is 0.548. The van der Waals surface area contributed by atoms with Gasteiger partial charge in [0.1, 0.15) is 5.52 Å². The molecule has 2 aromatic heterocycles. The molecule has 0 aliphatic carbocycles. The van der Waals surface area contributed by atoms with Gasteiger partial charge in [-0.1, -0.05) is 6.92 Å². The smallest absolute Gasteiger partial charge is 0.331 e. The van der Waals surface area contributed by atoms with Crippen LogP contribution in [0, 0.1) is 0 Å². The van der Waals surface area contributed by atoms with Gasteiger partial charge in [0.2, 0.25) is 0 Å². The summed E-state index contributed by atoms with van der Waals surface area (Å²) in [6.07, 6.45) is 2.51. The maximum Gasteiger partial charge on any atom is 0.331 e. The van der Waals surface area contributed by atoms with Gasteiger partial charge in [-0.25, -0.2) is 4.79 Å². The highest BCUT2D eigenvalue weighted by Gasteiger charge is 2.12. The molecule has 0 aliphatic heterocycles. The molecule has 0 fully saturated rings. The zero-order chi connectivity index (χ0) is 13.1. The first kappa shape index (κ1) is 12.6. The lowest BCUT2D eigenvalue weighted by molar-refractivity contribution is 0.184. The van der Waals surface area contributed by atoms with Crippen molar-refractivity contribution in [3.63, 3.8) is 0 Å². The molecule has 0 spiro atoms. The minimum atomic E-state index is -0.288. The Kier molecular flexibility index (Phi) is 3.66. The normalized spacial score (nSPS) is 11.2. The molecular formula is C12H17N3O3. The van der Waals surface area contributed by atoms with Crippen molar-refractivity contribution in [1.29, 1.82) is 0 Å². The Morgan fingerprint density at radius 3 is 2.72 bits per heavy atom. The van der Waals surface area contributed by atoms with Crippen LogP contribution in [0.1, 0.15) is 13.3 Å². The third kappa shape index (κ3) is 1.99. The predicted molar refractivity (Wildman–Crippen MR) is 69.0 cm³/mol. The number of nitrogens with zero attached hydrogens (tertiary/aromatic N) is 2. The second-order valence-corrected chi connectivity index (χ2v) is 4.12. The number of aromatic nitrogens is 3. The summed E-state index contributed by atoms with van der Waals surface area (Å²) in [7, 11) is 1.54. The van der Waals surface area contributed by atoms with Gasteiger partial charge in [-0.15, -0.1) is 0 Å². The number of fused-ring (bicyclic) bond motifs is 1. The van der Waals surface area contributed by atoms with Gasteiger partial charge < -0.3 is 9.72 Å². The third-order valence-corrected chi connectivity index (χ3v) is 2.90. The van der Waals surface area contributed by atoms with Gasteiger partial charge in [-0.3, -0.25) is 13.9 Å². The number of methoxy groups -OCH3 is 1. The maximum absolute atomic E-state index is 12.3. The molecular weight excluding hydrogens is 234 g/mol. The fourth-order valence-electron chi connectivity index (χ4n) is 2.05. The van der Waals surface area contributed by atoms with Crippen LogP contribution >= 0.6 is 0 Å². The number of aryl methyl sites for hydroxylation is 1. The number of ether oxygens (including phenoxy) is 1. The number of rotatable bonds is 5. The van der Waals surface area contributed by atoms with Crippen LogP contribution in [0.4, 0.5) is 0 Å². The lowest BCUT2D eigenvalue weighted by Crippen LogP contribution is -2.40. The fraction of sp³-hybridized carbons (Fsp3) is 0.500. The maximum atomic E-state index is 12.3. The van der Waals surface area contributed by atoms with Gasteiger partial charge in [0.15, 0.2) is 0 Å². The van der Waals surface area contributed by atoms with Crippen molar-refractivity contribution >= 4 is 11.0 Å². The molecule has 6 nitrogen and oxygen atoms in total. The van der Waals surface area contributed by atoms with Crippen molar-refractivity contribution in [2.75, 3.05) is 13.7 Å². The molecule has 0 saturated carbocycles. The SMILES string of the molecule is CCCn1c(=O)n(CCOC)c(=O)c2[nH]ccc21. The molecule has 0 aliphatic rings. The van der Waals surface area contributed by atoms with E-state index in [-0.39, 0.29) is 17.8 Å². The van der Waals surface area contributed by atoms with Crippen molar-refractivity contribution in [3.05, 3.63) is 33.1 Å². The van der Waals surface area contributed by atoms with E-state index in [1.54, 1.807) is 23.9 Å². The van der Waals surface area contributed by atoms with Gasteiger partial charge >= 0.3 is 5.69 Å². The van der Waals surface area contributed by atoms with Crippen molar-refractivity contribution in [2.45, 2.75) is 26.4 Å². The van der Waals surface area contributed by atoms with Gasteiger partial charge in [-0.2, -0.15) is 0 Å². The summed E-state index contributed by atoms with van der Waals surface area (Å²) in [5.41, 5.74) is 0.579. The van der Waals surface area contributed by atoms with Crippen LogP contribution in [0.15, 0.2) is 21.9 Å². The summed E-state index contributed by atoms with van der Waals surface area (Å²) < 4.78 is 7.78. The van der Waals surface area contributed by atoms with Crippen molar-refractivity contribution < 1.29 is 4.74 Å². The van der Waals surface area contributed by atoms with E-state index in [0.717, 1.165) is 6.42 Å². The van der Waals surface area contributed by atoms with E-state index in [9.17, 15) is 9.59 Å². The van der Waals surface area contributed by atoms with E-state index in [1.165, 1.54) is 4.57 Å². The van der Waals surface area contributed by atoms with Crippen LogP contribution in [-0.2, 0) is 17.8 Å². The van der Waals surface area contributed by atoms with Crippen molar-refractivity contribution in [3.8, 4) is 0 Å². The highest BCUT2D eigenvalue weighted by molar-refractivity contribution is 5.74. The Bertz CT molecular complexity index is 651. The average Bonchev–Trinajstić information content (AvgIpc) is 2.84. The molecule has 0 aromatic carbocycles. The fourth-order valence-corrected chi connectivity index (χ4v) is 2.05. The standard InChI is InChI=1S/C12H17N3O3/c1-3-6-14-9-4-5-13-10(9)11(16)15(12(14)17)7-8-18-2/h4-5,13H,3,6-8H2,1-2H3. The Balaban J connectivity index is 2.70. The number of hydrogen-bond donors (Lipinski definition) is 1. The van der Waals surface area contributed by atoms with Gasteiger partial charge in [0.25, 0.3) is 5.56 Å². The van der Waals surface area contributed by atoms with E-state index < -0.39 is 0 Å². The van der Waals surface area contributed by atoms with Crippen molar-refractivity contribution in [2.24, 2.45) is 0 Å². The molecule has 6 heteroatoms. The lowest BCUT2D eigenvalue weighted by Gasteiger charge is -2.10. The molecule has 2 rings (SSSR count). The molecule has 0 unspecified atom stereocenters. The molecule has 2 heterocycles. The Morgan fingerprint density at radius 1 is 1.28 bits per heavy atom. The molecule has 0 radical (unpaired) electrons. The highest BCUT2D eigenvalue weighted by atomic mass is 16.5. The van der Waals surface area contributed by atoms with Crippen LogP contribution in [0.2, 0.25) is 0 Å². The summed E-state index contributed by atoms with van der Waals surface area (Å²) in [5.74, 6) is 0. The highest BCUT2D eigenvalue weighted by Crippen LogP contribution is 2.05. The molecule has 0 atom stereocenters. The number of nitrogens with one attached hydrogen (secondary N) is 1. The van der Waals surface area contributed by atoms with Crippen LogP contribution in [0.3, 0.4) is 0 Å². The van der Waals surface area contributed by atoms with Gasteiger partial charge in [-0.05, 0) is 12.5 Å². The zero-order valence-corrected chi connectivity index (χ0v) is 10.6. The first-order chi connectivity index (χ1) is 8.70. The molecule has 0 amide bonds. The Labute approximate surface area is 104 Å². The number of H-pyrrole nitrogens is 1. The van der Waals surface area contributed by atoms with E-state index >= 15 is 0 Å². The van der Waals surface area contributed by atoms with Crippen molar-refractivity contribution in [1.82, 2.24) is 14.1 Å². The lowest BCUT2D eigenvalue weighted by atomic mass is 10.4. The van der Waals surface area contributed by atoms with Crippen LogP contribution in [-0.4, -0.2) is 27.8 Å². The summed E-state index contributed by atoms with van der Waals surface area (Å²) in [5, 5.41) is 0. The zero-order valence-electron chi connectivity index (χ0n) is 10.6. The van der Waals surface area contributed by atoms with Crippen LogP contribution < -0.4 is 11.2 Å². The second kappa shape index (κ2) is 5.22.